The van der Waals surface area contributed by atoms with E-state index in [1.807, 2.05) is 61.9 Å². The molecule has 124 valence electrons. The highest BCUT2D eigenvalue weighted by Gasteiger charge is 2.15. The molecule has 2 heterocycles. The second-order valence-electron chi connectivity index (χ2n) is 5.97. The summed E-state index contributed by atoms with van der Waals surface area (Å²) in [4.78, 5) is 27.5. The molecule has 2 N–H and O–H groups in total. The molecule has 0 fully saturated rings. The number of aryl methyl sites for hydroxylation is 3. The van der Waals surface area contributed by atoms with Gasteiger partial charge >= 0.3 is 0 Å². The molecule has 0 radical (unpaired) electrons. The number of hydrogen-bond acceptors (Lipinski definition) is 2. The Labute approximate surface area is 140 Å². The number of benzene rings is 1. The zero-order valence-corrected chi connectivity index (χ0v) is 14.1. The first kappa shape index (κ1) is 16.1. The lowest BCUT2D eigenvalue weighted by atomic mass is 10.1. The quantitative estimate of drug-likeness (QED) is 0.775. The standard InChI is InChI=1S/C19H21N3O2/c1-4-22-11-16(14-7-5-6-8-17(14)22)18(23)20-10-15-12(2)9-13(3)21-19(15)24/h5-9,11H,4,10H2,1-3H3,(H,20,23)(H,21,24). The number of hydrogen-bond donors (Lipinski definition) is 2. The summed E-state index contributed by atoms with van der Waals surface area (Å²) in [6.45, 7) is 6.78. The van der Waals surface area contributed by atoms with E-state index in [9.17, 15) is 9.59 Å². The van der Waals surface area contributed by atoms with E-state index < -0.39 is 0 Å². The van der Waals surface area contributed by atoms with E-state index >= 15 is 0 Å². The van der Waals surface area contributed by atoms with Crippen molar-refractivity contribution in [3.63, 3.8) is 0 Å². The average molecular weight is 323 g/mol. The van der Waals surface area contributed by atoms with Crippen molar-refractivity contribution in [2.45, 2.75) is 33.9 Å². The second kappa shape index (κ2) is 6.35. The summed E-state index contributed by atoms with van der Waals surface area (Å²) in [5.74, 6) is -0.169. The van der Waals surface area contributed by atoms with E-state index in [4.69, 9.17) is 0 Å². The van der Waals surface area contributed by atoms with Crippen LogP contribution in [0.2, 0.25) is 0 Å². The van der Waals surface area contributed by atoms with Crippen LogP contribution in [0.5, 0.6) is 0 Å². The summed E-state index contributed by atoms with van der Waals surface area (Å²) in [5, 5.41) is 3.80. The van der Waals surface area contributed by atoms with Crippen LogP contribution in [0, 0.1) is 13.8 Å². The maximum atomic E-state index is 12.6. The Morgan fingerprint density at radius 3 is 2.71 bits per heavy atom. The first-order valence-corrected chi connectivity index (χ1v) is 8.06. The van der Waals surface area contributed by atoms with Crippen molar-refractivity contribution in [2.75, 3.05) is 0 Å². The third kappa shape index (κ3) is 2.85. The Hall–Kier alpha value is -2.82. The Bertz CT molecular complexity index is 966. The maximum Gasteiger partial charge on any atom is 0.253 e. The van der Waals surface area contributed by atoms with E-state index in [1.54, 1.807) is 0 Å². The lowest BCUT2D eigenvalue weighted by Crippen LogP contribution is -2.27. The molecule has 1 amide bonds. The summed E-state index contributed by atoms with van der Waals surface area (Å²) in [7, 11) is 0. The van der Waals surface area contributed by atoms with E-state index in [-0.39, 0.29) is 18.0 Å². The third-order valence-electron chi connectivity index (χ3n) is 4.29. The molecule has 0 saturated carbocycles. The molecule has 0 atom stereocenters. The molecule has 0 aliphatic rings. The zero-order chi connectivity index (χ0) is 17.3. The van der Waals surface area contributed by atoms with Crippen molar-refractivity contribution < 1.29 is 4.79 Å². The Morgan fingerprint density at radius 1 is 1.25 bits per heavy atom. The number of fused-ring (bicyclic) bond motifs is 1. The minimum Gasteiger partial charge on any atom is -0.348 e. The Balaban J connectivity index is 1.88. The highest BCUT2D eigenvalue weighted by Crippen LogP contribution is 2.21. The molecule has 3 aromatic rings. The van der Waals surface area contributed by atoms with Crippen LogP contribution in [0.25, 0.3) is 10.9 Å². The van der Waals surface area contributed by atoms with Crippen LogP contribution in [0.4, 0.5) is 0 Å². The summed E-state index contributed by atoms with van der Waals surface area (Å²) in [6, 6.07) is 9.75. The number of nitrogens with zero attached hydrogens (tertiary/aromatic N) is 1. The molecule has 2 aromatic heterocycles. The summed E-state index contributed by atoms with van der Waals surface area (Å²) >= 11 is 0. The van der Waals surface area contributed by atoms with Gasteiger partial charge in [-0.2, -0.15) is 0 Å². The molecule has 0 aliphatic heterocycles. The average Bonchev–Trinajstić information content (AvgIpc) is 2.92. The third-order valence-corrected chi connectivity index (χ3v) is 4.29. The first-order valence-electron chi connectivity index (χ1n) is 8.06. The Morgan fingerprint density at radius 2 is 2.00 bits per heavy atom. The smallest absolute Gasteiger partial charge is 0.253 e. The van der Waals surface area contributed by atoms with Gasteiger partial charge in [0.25, 0.3) is 11.5 Å². The molecule has 5 nitrogen and oxygen atoms in total. The number of amides is 1. The molecule has 5 heteroatoms. The molecule has 0 saturated heterocycles. The maximum absolute atomic E-state index is 12.6. The predicted octanol–water partition coefficient (Wildman–Crippen LogP) is 2.90. The first-order chi connectivity index (χ1) is 11.5. The number of aromatic amines is 1. The van der Waals surface area contributed by atoms with Crippen molar-refractivity contribution in [3.8, 4) is 0 Å². The Kier molecular flexibility index (Phi) is 4.25. The molecule has 0 spiro atoms. The zero-order valence-electron chi connectivity index (χ0n) is 14.1. The molecular formula is C19H21N3O2. The van der Waals surface area contributed by atoms with Gasteiger partial charge in [0.1, 0.15) is 0 Å². The topological polar surface area (TPSA) is 66.9 Å². The van der Waals surface area contributed by atoms with Crippen LogP contribution >= 0.6 is 0 Å². The van der Waals surface area contributed by atoms with Crippen LogP contribution < -0.4 is 10.9 Å². The summed E-state index contributed by atoms with van der Waals surface area (Å²) in [5.41, 5.74) is 3.81. The normalized spacial score (nSPS) is 11.0. The lowest BCUT2D eigenvalue weighted by molar-refractivity contribution is 0.0952. The molecule has 24 heavy (non-hydrogen) atoms. The van der Waals surface area contributed by atoms with Gasteiger partial charge in [-0.15, -0.1) is 0 Å². The number of pyridine rings is 1. The highest BCUT2D eigenvalue weighted by atomic mass is 16.1. The van der Waals surface area contributed by atoms with Gasteiger partial charge in [0.2, 0.25) is 0 Å². The lowest BCUT2D eigenvalue weighted by Gasteiger charge is -2.07. The second-order valence-corrected chi connectivity index (χ2v) is 5.97. The fourth-order valence-electron chi connectivity index (χ4n) is 3.05. The number of H-pyrrole nitrogens is 1. The van der Waals surface area contributed by atoms with Gasteiger partial charge in [-0.1, -0.05) is 18.2 Å². The predicted molar refractivity (Wildman–Crippen MR) is 95.3 cm³/mol. The fraction of sp³-hybridized carbons (Fsp3) is 0.263. The van der Waals surface area contributed by atoms with Gasteiger partial charge in [-0.3, -0.25) is 9.59 Å². The molecule has 0 bridgehead atoms. The number of para-hydroxylation sites is 1. The molecule has 0 aliphatic carbocycles. The van der Waals surface area contributed by atoms with Gasteiger partial charge in [-0.05, 0) is 38.5 Å². The van der Waals surface area contributed by atoms with Crippen molar-refractivity contribution in [2.24, 2.45) is 0 Å². The van der Waals surface area contributed by atoms with Crippen LogP contribution in [0.3, 0.4) is 0 Å². The summed E-state index contributed by atoms with van der Waals surface area (Å²) in [6.07, 6.45) is 1.87. The van der Waals surface area contributed by atoms with Crippen LogP contribution in [-0.4, -0.2) is 15.5 Å². The van der Waals surface area contributed by atoms with Crippen molar-refractivity contribution in [3.05, 3.63) is 69.3 Å². The van der Waals surface area contributed by atoms with Gasteiger partial charge < -0.3 is 14.9 Å². The minimum absolute atomic E-state index is 0.149. The van der Waals surface area contributed by atoms with Crippen LogP contribution in [0.1, 0.15) is 34.1 Å². The number of nitrogens with one attached hydrogen (secondary N) is 2. The molecular weight excluding hydrogens is 302 g/mol. The highest BCUT2D eigenvalue weighted by molar-refractivity contribution is 6.06. The van der Waals surface area contributed by atoms with Gasteiger partial charge in [-0.25, -0.2) is 0 Å². The van der Waals surface area contributed by atoms with Crippen LogP contribution in [-0.2, 0) is 13.1 Å². The van der Waals surface area contributed by atoms with Crippen molar-refractivity contribution >= 4 is 16.8 Å². The van der Waals surface area contributed by atoms with E-state index in [1.165, 1.54) is 0 Å². The molecule has 1 aromatic carbocycles. The molecule has 0 unspecified atom stereocenters. The molecule has 3 rings (SSSR count). The number of rotatable bonds is 4. The van der Waals surface area contributed by atoms with E-state index in [0.29, 0.717) is 11.1 Å². The minimum atomic E-state index is -0.169. The largest absolute Gasteiger partial charge is 0.348 e. The number of carbonyl (C=O) groups excluding carboxylic acids is 1. The fourth-order valence-corrected chi connectivity index (χ4v) is 3.05. The van der Waals surface area contributed by atoms with Crippen LogP contribution in [0.15, 0.2) is 41.3 Å². The monoisotopic (exact) mass is 323 g/mol. The van der Waals surface area contributed by atoms with E-state index in [0.717, 1.165) is 28.7 Å². The summed E-state index contributed by atoms with van der Waals surface area (Å²) < 4.78 is 2.05. The van der Waals surface area contributed by atoms with Gasteiger partial charge in [0.15, 0.2) is 0 Å². The van der Waals surface area contributed by atoms with Crippen molar-refractivity contribution in [1.82, 2.24) is 14.9 Å². The SMILES string of the molecule is CCn1cc(C(=O)NCc2c(C)cc(C)[nH]c2=O)c2ccccc21. The number of aromatic nitrogens is 2. The van der Waals surface area contributed by atoms with Gasteiger partial charge in [0.05, 0.1) is 5.56 Å². The van der Waals surface area contributed by atoms with E-state index in [2.05, 4.69) is 10.3 Å². The van der Waals surface area contributed by atoms with Gasteiger partial charge in [0, 0.05) is 41.4 Å². The van der Waals surface area contributed by atoms with Crippen molar-refractivity contribution in [1.29, 1.82) is 0 Å². The number of carbonyl (C=O) groups is 1.